The summed E-state index contributed by atoms with van der Waals surface area (Å²) in [6, 6.07) is 3.67. The van der Waals surface area contributed by atoms with E-state index in [4.69, 9.17) is 5.73 Å². The molecule has 1 atom stereocenters. The molecular weight excluding hydrogens is 288 g/mol. The average Bonchev–Trinajstić information content (AvgIpc) is 2.94. The van der Waals surface area contributed by atoms with E-state index in [0.717, 1.165) is 12.5 Å². The third-order valence-electron chi connectivity index (χ3n) is 3.74. The SMILES string of the molecule is CN(C)C(=O)C1CCCN1c1ccc(C(N)=O)cc1[N+](=O)[O-]. The van der Waals surface area contributed by atoms with Crippen LogP contribution in [0.25, 0.3) is 0 Å². The van der Waals surface area contributed by atoms with Crippen LogP contribution in [0, 0.1) is 10.1 Å². The van der Waals surface area contributed by atoms with Gasteiger partial charge in [0.2, 0.25) is 11.8 Å². The molecule has 1 heterocycles. The number of hydrogen-bond acceptors (Lipinski definition) is 5. The van der Waals surface area contributed by atoms with Crippen LogP contribution in [0.1, 0.15) is 23.2 Å². The van der Waals surface area contributed by atoms with Gasteiger partial charge in [-0.2, -0.15) is 0 Å². The normalized spacial score (nSPS) is 17.4. The van der Waals surface area contributed by atoms with Crippen molar-refractivity contribution in [2.24, 2.45) is 5.73 Å². The maximum atomic E-state index is 12.2. The molecule has 0 aromatic heterocycles. The highest BCUT2D eigenvalue weighted by Crippen LogP contribution is 2.34. The van der Waals surface area contributed by atoms with Crippen LogP contribution in [0.15, 0.2) is 18.2 Å². The molecule has 1 aromatic rings. The van der Waals surface area contributed by atoms with E-state index in [9.17, 15) is 19.7 Å². The minimum absolute atomic E-state index is 0.0742. The first kappa shape index (κ1) is 15.7. The smallest absolute Gasteiger partial charge is 0.293 e. The van der Waals surface area contributed by atoms with E-state index in [1.54, 1.807) is 19.0 Å². The minimum atomic E-state index is -0.725. The topological polar surface area (TPSA) is 110 Å². The van der Waals surface area contributed by atoms with Crippen LogP contribution >= 0.6 is 0 Å². The largest absolute Gasteiger partial charge is 0.366 e. The van der Waals surface area contributed by atoms with Gasteiger partial charge in [0, 0.05) is 32.3 Å². The number of benzene rings is 1. The van der Waals surface area contributed by atoms with E-state index in [-0.39, 0.29) is 17.2 Å². The number of primary amides is 1. The van der Waals surface area contributed by atoms with Gasteiger partial charge in [0.1, 0.15) is 11.7 Å². The maximum Gasteiger partial charge on any atom is 0.293 e. The van der Waals surface area contributed by atoms with Gasteiger partial charge in [-0.05, 0) is 25.0 Å². The molecule has 1 unspecified atom stereocenters. The molecule has 8 nitrogen and oxygen atoms in total. The highest BCUT2D eigenvalue weighted by atomic mass is 16.6. The van der Waals surface area contributed by atoms with E-state index < -0.39 is 16.9 Å². The van der Waals surface area contributed by atoms with Gasteiger partial charge in [-0.3, -0.25) is 19.7 Å². The summed E-state index contributed by atoms with van der Waals surface area (Å²) in [5, 5.41) is 11.3. The number of carbonyl (C=O) groups excluding carboxylic acids is 2. The Morgan fingerprint density at radius 1 is 1.41 bits per heavy atom. The summed E-state index contributed by atoms with van der Waals surface area (Å²) >= 11 is 0. The molecule has 2 amide bonds. The fourth-order valence-electron chi connectivity index (χ4n) is 2.68. The van der Waals surface area contributed by atoms with Gasteiger partial charge in [0.05, 0.1) is 4.92 Å². The van der Waals surface area contributed by atoms with Crippen LogP contribution in [0.5, 0.6) is 0 Å². The number of carbonyl (C=O) groups is 2. The lowest BCUT2D eigenvalue weighted by Crippen LogP contribution is -2.43. The standard InChI is InChI=1S/C14H18N4O4/c1-16(2)14(20)11-4-3-7-17(11)10-6-5-9(13(15)19)8-12(10)18(21)22/h5-6,8,11H,3-4,7H2,1-2H3,(H2,15,19). The molecule has 0 bridgehead atoms. The van der Waals surface area contributed by atoms with Gasteiger partial charge in [-0.25, -0.2) is 0 Å². The lowest BCUT2D eigenvalue weighted by molar-refractivity contribution is -0.384. The quantitative estimate of drug-likeness (QED) is 0.652. The van der Waals surface area contributed by atoms with E-state index >= 15 is 0 Å². The molecule has 118 valence electrons. The second kappa shape index (κ2) is 6.00. The van der Waals surface area contributed by atoms with E-state index in [1.807, 2.05) is 0 Å². The van der Waals surface area contributed by atoms with Crippen molar-refractivity contribution in [3.8, 4) is 0 Å². The van der Waals surface area contributed by atoms with Crippen LogP contribution in [0.2, 0.25) is 0 Å². The molecule has 0 radical (unpaired) electrons. The van der Waals surface area contributed by atoms with Crippen molar-refractivity contribution >= 4 is 23.2 Å². The number of likely N-dealkylation sites (N-methyl/N-ethyl adjacent to an activating group) is 1. The molecule has 0 spiro atoms. The van der Waals surface area contributed by atoms with Crippen molar-refractivity contribution in [1.29, 1.82) is 0 Å². The Bertz CT molecular complexity index is 629. The zero-order valence-electron chi connectivity index (χ0n) is 12.5. The van der Waals surface area contributed by atoms with Crippen LogP contribution in [-0.4, -0.2) is 48.3 Å². The molecule has 2 N–H and O–H groups in total. The molecule has 1 aliphatic heterocycles. The Kier molecular flexibility index (Phi) is 4.30. The summed E-state index contributed by atoms with van der Waals surface area (Å²) < 4.78 is 0. The minimum Gasteiger partial charge on any atom is -0.366 e. The van der Waals surface area contributed by atoms with Gasteiger partial charge < -0.3 is 15.5 Å². The van der Waals surface area contributed by atoms with E-state index in [2.05, 4.69) is 0 Å². The van der Waals surface area contributed by atoms with Crippen LogP contribution < -0.4 is 10.6 Å². The van der Waals surface area contributed by atoms with Crippen LogP contribution in [0.3, 0.4) is 0 Å². The molecule has 1 saturated heterocycles. The zero-order valence-corrected chi connectivity index (χ0v) is 12.5. The summed E-state index contributed by atoms with van der Waals surface area (Å²) in [6.45, 7) is 0.557. The van der Waals surface area contributed by atoms with Gasteiger partial charge >= 0.3 is 0 Å². The number of rotatable bonds is 4. The Balaban J connectivity index is 2.44. The van der Waals surface area contributed by atoms with Crippen LogP contribution in [0.4, 0.5) is 11.4 Å². The Morgan fingerprint density at radius 2 is 2.09 bits per heavy atom. The predicted molar refractivity (Wildman–Crippen MR) is 80.7 cm³/mol. The van der Waals surface area contributed by atoms with Crippen molar-refractivity contribution in [2.75, 3.05) is 25.5 Å². The van der Waals surface area contributed by atoms with Gasteiger partial charge in [0.25, 0.3) is 5.69 Å². The molecule has 2 rings (SSSR count). The molecule has 22 heavy (non-hydrogen) atoms. The number of anilines is 1. The lowest BCUT2D eigenvalue weighted by atomic mass is 10.1. The monoisotopic (exact) mass is 306 g/mol. The fourth-order valence-corrected chi connectivity index (χ4v) is 2.68. The first-order chi connectivity index (χ1) is 10.3. The second-order valence-corrected chi connectivity index (χ2v) is 5.41. The molecule has 1 aliphatic rings. The number of nitrogens with two attached hydrogens (primary N) is 1. The summed E-state index contributed by atoms with van der Waals surface area (Å²) in [4.78, 5) is 37.4. The number of nitro groups is 1. The summed E-state index contributed by atoms with van der Waals surface area (Å²) in [6.07, 6.45) is 1.42. The molecule has 0 aliphatic carbocycles. The van der Waals surface area contributed by atoms with Crippen molar-refractivity contribution in [1.82, 2.24) is 4.90 Å². The first-order valence-electron chi connectivity index (χ1n) is 6.89. The second-order valence-electron chi connectivity index (χ2n) is 5.41. The molecule has 1 aromatic carbocycles. The van der Waals surface area contributed by atoms with Crippen molar-refractivity contribution in [3.05, 3.63) is 33.9 Å². The van der Waals surface area contributed by atoms with Gasteiger partial charge in [0.15, 0.2) is 0 Å². The van der Waals surface area contributed by atoms with Gasteiger partial charge in [-0.15, -0.1) is 0 Å². The highest BCUT2D eigenvalue weighted by molar-refractivity contribution is 5.95. The van der Waals surface area contributed by atoms with Crippen molar-refractivity contribution in [3.63, 3.8) is 0 Å². The van der Waals surface area contributed by atoms with Crippen LogP contribution in [-0.2, 0) is 4.79 Å². The first-order valence-corrected chi connectivity index (χ1v) is 6.89. The summed E-state index contributed by atoms with van der Waals surface area (Å²) in [7, 11) is 3.31. The summed E-state index contributed by atoms with van der Waals surface area (Å²) in [5.41, 5.74) is 5.37. The summed E-state index contributed by atoms with van der Waals surface area (Å²) in [5.74, 6) is -0.817. The number of nitro benzene ring substituents is 1. The third-order valence-corrected chi connectivity index (χ3v) is 3.74. The molecular formula is C14H18N4O4. The molecule has 8 heteroatoms. The third kappa shape index (κ3) is 2.85. The molecule has 1 fully saturated rings. The number of nitrogens with zero attached hydrogens (tertiary/aromatic N) is 3. The van der Waals surface area contributed by atoms with Crippen molar-refractivity contribution in [2.45, 2.75) is 18.9 Å². The fraction of sp³-hybridized carbons (Fsp3) is 0.429. The number of hydrogen-bond donors (Lipinski definition) is 1. The Hall–Kier alpha value is -2.64. The Morgan fingerprint density at radius 3 is 2.64 bits per heavy atom. The zero-order chi connectivity index (χ0) is 16.4. The van der Waals surface area contributed by atoms with E-state index in [1.165, 1.54) is 17.0 Å². The predicted octanol–water partition coefficient (Wildman–Crippen LogP) is 0.751. The van der Waals surface area contributed by atoms with Crippen molar-refractivity contribution < 1.29 is 14.5 Å². The maximum absolute atomic E-state index is 12.2. The Labute approximate surface area is 127 Å². The number of amides is 2. The lowest BCUT2D eigenvalue weighted by Gasteiger charge is -2.27. The highest BCUT2D eigenvalue weighted by Gasteiger charge is 2.35. The average molecular weight is 306 g/mol. The molecule has 0 saturated carbocycles. The van der Waals surface area contributed by atoms with Gasteiger partial charge in [-0.1, -0.05) is 0 Å². The van der Waals surface area contributed by atoms with E-state index in [0.29, 0.717) is 18.7 Å².